The summed E-state index contributed by atoms with van der Waals surface area (Å²) in [6.45, 7) is 1.94. The van der Waals surface area contributed by atoms with Gasteiger partial charge in [0.15, 0.2) is 0 Å². The van der Waals surface area contributed by atoms with Gasteiger partial charge in [-0.15, -0.1) is 10.2 Å². The van der Waals surface area contributed by atoms with Gasteiger partial charge in [-0.1, -0.05) is 30.3 Å². The summed E-state index contributed by atoms with van der Waals surface area (Å²) in [4.78, 5) is 6.84. The molecule has 5 rings (SSSR count). The van der Waals surface area contributed by atoms with Crippen molar-refractivity contribution in [2.24, 2.45) is 0 Å². The van der Waals surface area contributed by atoms with Gasteiger partial charge >= 0.3 is 0 Å². The second-order valence-corrected chi connectivity index (χ2v) is 7.19. The summed E-state index contributed by atoms with van der Waals surface area (Å²) in [7, 11) is 2.03. The maximum absolute atomic E-state index is 6.23. The van der Waals surface area contributed by atoms with Crippen molar-refractivity contribution in [3.05, 3.63) is 65.5 Å². The van der Waals surface area contributed by atoms with Gasteiger partial charge in [0, 0.05) is 24.7 Å². The van der Waals surface area contributed by atoms with Crippen molar-refractivity contribution in [2.75, 3.05) is 25.0 Å². The number of halogens is 1. The van der Waals surface area contributed by atoms with E-state index in [0.29, 0.717) is 11.1 Å². The van der Waals surface area contributed by atoms with E-state index < -0.39 is 0 Å². The van der Waals surface area contributed by atoms with Crippen molar-refractivity contribution in [3.8, 4) is 0 Å². The quantitative estimate of drug-likeness (QED) is 0.571. The Morgan fingerprint density at radius 1 is 1.11 bits per heavy atom. The van der Waals surface area contributed by atoms with E-state index >= 15 is 0 Å². The molecule has 0 saturated carbocycles. The highest BCUT2D eigenvalue weighted by Crippen LogP contribution is 2.32. The lowest BCUT2D eigenvalue weighted by atomic mass is 9.99. The molecule has 140 valence electrons. The van der Waals surface area contributed by atoms with Crippen LogP contribution in [0.4, 0.5) is 11.5 Å². The highest BCUT2D eigenvalue weighted by molar-refractivity contribution is 6.29. The number of fused-ring (bicyclic) bond motifs is 3. The Balaban J connectivity index is 1.65. The number of hydrogen-bond donors (Lipinski definition) is 1. The minimum atomic E-state index is 0.313. The largest absolute Gasteiger partial charge is 0.329 e. The van der Waals surface area contributed by atoms with Gasteiger partial charge in [-0.2, -0.15) is 4.98 Å². The molecule has 4 aromatic rings. The molecule has 1 aliphatic rings. The molecule has 1 aliphatic heterocycles. The first-order valence-corrected chi connectivity index (χ1v) is 9.63. The highest BCUT2D eigenvalue weighted by Gasteiger charge is 2.17. The Kier molecular flexibility index (Phi) is 4.22. The van der Waals surface area contributed by atoms with E-state index in [9.17, 15) is 0 Å². The molecule has 0 spiro atoms. The Bertz CT molecular complexity index is 1210. The zero-order chi connectivity index (χ0) is 19.1. The minimum Gasteiger partial charge on any atom is -0.329 e. The fourth-order valence-corrected chi connectivity index (χ4v) is 3.93. The van der Waals surface area contributed by atoms with Gasteiger partial charge in [0.2, 0.25) is 5.28 Å². The molecule has 0 radical (unpaired) electrons. The molecule has 0 saturated heterocycles. The standard InChI is InChI=1S/C21H19ClN6/c1-27(16-6-4-5-15(13-16)14-9-11-23-12-10-14)19-17-7-2-3-8-18(17)28-20(22)25-26-21(28)24-19/h2-9,13,23H,10-12H2,1H3. The van der Waals surface area contributed by atoms with Crippen molar-refractivity contribution in [2.45, 2.75) is 6.42 Å². The molecule has 6 nitrogen and oxygen atoms in total. The first-order chi connectivity index (χ1) is 13.7. The molecular formula is C21H19ClN6. The van der Waals surface area contributed by atoms with Gasteiger partial charge in [0.25, 0.3) is 5.78 Å². The maximum Gasteiger partial charge on any atom is 0.258 e. The lowest BCUT2D eigenvalue weighted by molar-refractivity contribution is 0.738. The van der Waals surface area contributed by atoms with E-state index in [0.717, 1.165) is 41.9 Å². The van der Waals surface area contributed by atoms with Gasteiger partial charge < -0.3 is 10.2 Å². The van der Waals surface area contributed by atoms with Gasteiger partial charge in [-0.25, -0.2) is 4.40 Å². The SMILES string of the molecule is CN(c1cccc(C2=CCNCC2)c1)c1nc2nnc(Cl)n2c2ccccc12. The van der Waals surface area contributed by atoms with Crippen LogP contribution in [-0.2, 0) is 0 Å². The Hall–Kier alpha value is -2.96. The number of aromatic nitrogens is 4. The summed E-state index contributed by atoms with van der Waals surface area (Å²) in [6.07, 6.45) is 3.30. The zero-order valence-corrected chi connectivity index (χ0v) is 16.2. The smallest absolute Gasteiger partial charge is 0.258 e. The van der Waals surface area contributed by atoms with E-state index in [-0.39, 0.29) is 0 Å². The molecule has 2 aromatic carbocycles. The maximum atomic E-state index is 6.23. The third kappa shape index (κ3) is 2.82. The predicted molar refractivity (Wildman–Crippen MR) is 113 cm³/mol. The van der Waals surface area contributed by atoms with Gasteiger partial charge in [-0.05, 0) is 60.0 Å². The predicted octanol–water partition coefficient (Wildman–Crippen LogP) is 4.08. The van der Waals surface area contributed by atoms with E-state index in [2.05, 4.69) is 50.8 Å². The van der Waals surface area contributed by atoms with Crippen LogP contribution in [0.3, 0.4) is 0 Å². The highest BCUT2D eigenvalue weighted by atomic mass is 35.5. The Morgan fingerprint density at radius 3 is 2.86 bits per heavy atom. The van der Waals surface area contributed by atoms with Crippen molar-refractivity contribution in [1.29, 1.82) is 0 Å². The minimum absolute atomic E-state index is 0.313. The van der Waals surface area contributed by atoms with Gasteiger partial charge in [0.1, 0.15) is 5.82 Å². The molecular weight excluding hydrogens is 372 g/mol. The van der Waals surface area contributed by atoms with Crippen molar-refractivity contribution >= 4 is 45.4 Å². The Morgan fingerprint density at radius 2 is 2.00 bits per heavy atom. The summed E-state index contributed by atoms with van der Waals surface area (Å²) in [5, 5.41) is 12.8. The average Bonchev–Trinajstić information content (AvgIpc) is 3.14. The summed E-state index contributed by atoms with van der Waals surface area (Å²) >= 11 is 6.23. The number of hydrogen-bond acceptors (Lipinski definition) is 5. The molecule has 0 atom stereocenters. The third-order valence-corrected chi connectivity index (χ3v) is 5.43. The molecule has 2 aromatic heterocycles. The molecule has 0 unspecified atom stereocenters. The first-order valence-electron chi connectivity index (χ1n) is 9.25. The monoisotopic (exact) mass is 390 g/mol. The summed E-state index contributed by atoms with van der Waals surface area (Å²) in [5.41, 5.74) is 4.64. The second-order valence-electron chi connectivity index (χ2n) is 6.85. The fourth-order valence-electron chi connectivity index (χ4n) is 3.73. The second kappa shape index (κ2) is 6.89. The summed E-state index contributed by atoms with van der Waals surface area (Å²) < 4.78 is 1.77. The number of nitrogens with one attached hydrogen (secondary N) is 1. The van der Waals surface area contributed by atoms with E-state index in [4.69, 9.17) is 16.6 Å². The van der Waals surface area contributed by atoms with Crippen LogP contribution in [0.25, 0.3) is 22.3 Å². The molecule has 0 amide bonds. The van der Waals surface area contributed by atoms with Crippen LogP contribution in [0.2, 0.25) is 5.28 Å². The van der Waals surface area contributed by atoms with Crippen molar-refractivity contribution in [3.63, 3.8) is 0 Å². The number of anilines is 2. The molecule has 0 bridgehead atoms. The molecule has 7 heteroatoms. The lowest BCUT2D eigenvalue weighted by Gasteiger charge is -2.22. The Labute approximate surface area is 167 Å². The van der Waals surface area contributed by atoms with Gasteiger partial charge in [0.05, 0.1) is 5.52 Å². The van der Waals surface area contributed by atoms with Crippen LogP contribution in [0.1, 0.15) is 12.0 Å². The third-order valence-electron chi connectivity index (χ3n) is 5.18. The number of para-hydroxylation sites is 1. The van der Waals surface area contributed by atoms with Crippen LogP contribution in [0, 0.1) is 0 Å². The van der Waals surface area contributed by atoms with Crippen LogP contribution in [0.15, 0.2) is 54.6 Å². The van der Waals surface area contributed by atoms with Crippen LogP contribution < -0.4 is 10.2 Å². The molecule has 1 N–H and O–H groups in total. The van der Waals surface area contributed by atoms with E-state index in [1.807, 2.05) is 31.3 Å². The zero-order valence-electron chi connectivity index (χ0n) is 15.4. The lowest BCUT2D eigenvalue weighted by Crippen LogP contribution is -2.20. The number of rotatable bonds is 3. The fraction of sp³-hybridized carbons (Fsp3) is 0.190. The first kappa shape index (κ1) is 17.2. The summed E-state index contributed by atoms with van der Waals surface area (Å²) in [6, 6.07) is 16.6. The molecule has 3 heterocycles. The topological polar surface area (TPSA) is 58.3 Å². The normalized spacial score (nSPS) is 14.4. The van der Waals surface area contributed by atoms with E-state index in [1.165, 1.54) is 11.1 Å². The van der Waals surface area contributed by atoms with Crippen LogP contribution in [-0.4, -0.2) is 39.7 Å². The van der Waals surface area contributed by atoms with Crippen LogP contribution in [0.5, 0.6) is 0 Å². The molecule has 0 fully saturated rings. The van der Waals surface area contributed by atoms with Crippen LogP contribution >= 0.6 is 11.6 Å². The van der Waals surface area contributed by atoms with Crippen molar-refractivity contribution < 1.29 is 0 Å². The van der Waals surface area contributed by atoms with Crippen molar-refractivity contribution in [1.82, 2.24) is 24.9 Å². The number of nitrogens with zero attached hydrogens (tertiary/aromatic N) is 5. The number of benzene rings is 2. The summed E-state index contributed by atoms with van der Waals surface area (Å²) in [5.74, 6) is 1.31. The molecule has 0 aliphatic carbocycles. The molecule has 28 heavy (non-hydrogen) atoms. The average molecular weight is 391 g/mol. The van der Waals surface area contributed by atoms with E-state index in [1.54, 1.807) is 4.40 Å². The van der Waals surface area contributed by atoms with Gasteiger partial charge in [-0.3, -0.25) is 0 Å².